The molecule has 3 aliphatic heterocycles. The van der Waals surface area contributed by atoms with Crippen molar-refractivity contribution < 1.29 is 14.6 Å². The molecular formula is C19H26N2O3. The maximum atomic E-state index is 12.7. The minimum Gasteiger partial charge on any atom is -0.378 e. The first-order valence-electron chi connectivity index (χ1n) is 8.95. The number of likely N-dealkylation sites (tertiary alicyclic amines) is 2. The Bertz CT molecular complexity index is 600. The lowest BCUT2D eigenvalue weighted by Crippen LogP contribution is -2.49. The lowest BCUT2D eigenvalue weighted by atomic mass is 9.86. The second-order valence-corrected chi connectivity index (χ2v) is 7.76. The number of amides is 1. The van der Waals surface area contributed by atoms with Crippen LogP contribution in [0.2, 0.25) is 0 Å². The van der Waals surface area contributed by atoms with Gasteiger partial charge in [0.15, 0.2) is 5.60 Å². The van der Waals surface area contributed by atoms with Crippen LogP contribution in [0.3, 0.4) is 0 Å². The molecule has 3 fully saturated rings. The zero-order valence-electron chi connectivity index (χ0n) is 14.1. The summed E-state index contributed by atoms with van der Waals surface area (Å²) in [6.07, 6.45) is 2.61. The summed E-state index contributed by atoms with van der Waals surface area (Å²) in [5.74, 6) is -0.126. The monoisotopic (exact) mass is 330 g/mol. The Morgan fingerprint density at radius 2 is 1.92 bits per heavy atom. The highest BCUT2D eigenvalue weighted by Crippen LogP contribution is 2.41. The smallest absolute Gasteiger partial charge is 0.257 e. The maximum absolute atomic E-state index is 12.7. The van der Waals surface area contributed by atoms with Crippen LogP contribution < -0.4 is 0 Å². The average Bonchev–Trinajstić information content (AvgIpc) is 3.31. The maximum Gasteiger partial charge on any atom is 0.257 e. The number of rotatable bonds is 3. The van der Waals surface area contributed by atoms with E-state index < -0.39 is 5.60 Å². The summed E-state index contributed by atoms with van der Waals surface area (Å²) in [6, 6.07) is 10.6. The van der Waals surface area contributed by atoms with E-state index in [0.717, 1.165) is 45.6 Å². The summed E-state index contributed by atoms with van der Waals surface area (Å²) < 4.78 is 5.24. The molecule has 5 nitrogen and oxygen atoms in total. The molecule has 1 N–H and O–H groups in total. The van der Waals surface area contributed by atoms with Crippen molar-refractivity contribution in [3.63, 3.8) is 0 Å². The van der Waals surface area contributed by atoms with Crippen LogP contribution in [0.5, 0.6) is 0 Å². The molecule has 130 valence electrons. The molecule has 3 aliphatic rings. The Hall–Kier alpha value is -1.43. The lowest BCUT2D eigenvalue weighted by Gasteiger charge is -2.29. The van der Waals surface area contributed by atoms with Crippen molar-refractivity contribution in [2.75, 3.05) is 39.4 Å². The molecule has 0 aromatic heterocycles. The molecule has 5 heteroatoms. The van der Waals surface area contributed by atoms with Gasteiger partial charge in [0, 0.05) is 38.0 Å². The molecule has 0 aliphatic carbocycles. The van der Waals surface area contributed by atoms with E-state index in [1.165, 1.54) is 5.56 Å². The van der Waals surface area contributed by atoms with Crippen molar-refractivity contribution in [2.24, 2.45) is 5.41 Å². The predicted octanol–water partition coefficient (Wildman–Crippen LogP) is 1.26. The van der Waals surface area contributed by atoms with Crippen molar-refractivity contribution in [1.82, 2.24) is 9.80 Å². The fraction of sp³-hybridized carbons (Fsp3) is 0.632. The Balaban J connectivity index is 1.37. The topological polar surface area (TPSA) is 53.0 Å². The van der Waals surface area contributed by atoms with Crippen molar-refractivity contribution in [3.05, 3.63) is 35.9 Å². The van der Waals surface area contributed by atoms with Gasteiger partial charge < -0.3 is 14.7 Å². The highest BCUT2D eigenvalue weighted by atomic mass is 16.5. The number of carbonyl (C=O) groups is 1. The summed E-state index contributed by atoms with van der Waals surface area (Å²) in [5.41, 5.74) is 0.270. The predicted molar refractivity (Wildman–Crippen MR) is 90.4 cm³/mol. The van der Waals surface area contributed by atoms with Gasteiger partial charge in [0.25, 0.3) is 5.91 Å². The van der Waals surface area contributed by atoms with Gasteiger partial charge in [-0.2, -0.15) is 0 Å². The van der Waals surface area contributed by atoms with Crippen molar-refractivity contribution in [3.8, 4) is 0 Å². The third kappa shape index (κ3) is 2.96. The second-order valence-electron chi connectivity index (χ2n) is 7.76. The first kappa shape index (κ1) is 16.1. The van der Waals surface area contributed by atoms with Gasteiger partial charge in [0.1, 0.15) is 0 Å². The number of aliphatic hydroxyl groups is 1. The molecule has 24 heavy (non-hydrogen) atoms. The summed E-state index contributed by atoms with van der Waals surface area (Å²) in [4.78, 5) is 17.0. The lowest BCUT2D eigenvalue weighted by molar-refractivity contribution is -0.150. The number of hydrogen-bond donors (Lipinski definition) is 1. The zero-order chi connectivity index (χ0) is 16.6. The van der Waals surface area contributed by atoms with Crippen molar-refractivity contribution in [2.45, 2.75) is 31.4 Å². The van der Waals surface area contributed by atoms with E-state index >= 15 is 0 Å². The quantitative estimate of drug-likeness (QED) is 0.907. The summed E-state index contributed by atoms with van der Waals surface area (Å²) in [6.45, 7) is 5.28. The van der Waals surface area contributed by atoms with Gasteiger partial charge in [-0.3, -0.25) is 9.69 Å². The zero-order valence-corrected chi connectivity index (χ0v) is 14.1. The van der Waals surface area contributed by atoms with Gasteiger partial charge in [0.05, 0.1) is 13.2 Å². The molecule has 2 atom stereocenters. The fourth-order valence-corrected chi connectivity index (χ4v) is 4.46. The van der Waals surface area contributed by atoms with Crippen LogP contribution in [0.15, 0.2) is 30.3 Å². The third-order valence-electron chi connectivity index (χ3n) is 5.89. The van der Waals surface area contributed by atoms with Crippen LogP contribution in [0.1, 0.15) is 24.8 Å². The summed E-state index contributed by atoms with van der Waals surface area (Å²) in [5, 5.41) is 10.5. The largest absolute Gasteiger partial charge is 0.378 e. The molecule has 1 amide bonds. The highest BCUT2D eigenvalue weighted by molar-refractivity contribution is 5.85. The highest BCUT2D eigenvalue weighted by Gasteiger charge is 2.49. The molecular weight excluding hydrogens is 304 g/mol. The molecule has 0 saturated carbocycles. The Kier molecular flexibility index (Phi) is 4.11. The minimum atomic E-state index is -1.28. The van der Waals surface area contributed by atoms with Crippen LogP contribution in [0.25, 0.3) is 0 Å². The number of benzene rings is 1. The Morgan fingerprint density at radius 1 is 1.12 bits per heavy atom. The molecule has 3 heterocycles. The van der Waals surface area contributed by atoms with Crippen LogP contribution in [0.4, 0.5) is 0 Å². The van der Waals surface area contributed by atoms with Crippen LogP contribution in [0, 0.1) is 5.41 Å². The van der Waals surface area contributed by atoms with Gasteiger partial charge in [-0.25, -0.2) is 0 Å². The Morgan fingerprint density at radius 3 is 2.67 bits per heavy atom. The normalized spacial score (nSPS) is 33.6. The number of hydrogen-bond acceptors (Lipinski definition) is 4. The number of ether oxygens (including phenoxy) is 1. The molecule has 2 unspecified atom stereocenters. The summed E-state index contributed by atoms with van der Waals surface area (Å²) >= 11 is 0. The molecule has 4 rings (SSSR count). The van der Waals surface area contributed by atoms with Crippen LogP contribution in [-0.4, -0.2) is 65.8 Å². The van der Waals surface area contributed by atoms with E-state index in [9.17, 15) is 9.90 Å². The van der Waals surface area contributed by atoms with Gasteiger partial charge >= 0.3 is 0 Å². The molecule has 1 spiro atoms. The Labute approximate surface area is 143 Å². The second kappa shape index (κ2) is 6.14. The van der Waals surface area contributed by atoms with Crippen molar-refractivity contribution in [1.29, 1.82) is 0 Å². The van der Waals surface area contributed by atoms with E-state index in [4.69, 9.17) is 4.74 Å². The SMILES string of the molecule is O=C(N1CCC2(CCN(Cc3ccccc3)C2)C1)C1(O)CCOC1. The fourth-order valence-electron chi connectivity index (χ4n) is 4.46. The van der Waals surface area contributed by atoms with E-state index in [1.54, 1.807) is 0 Å². The molecule has 3 saturated heterocycles. The number of carbonyl (C=O) groups excluding carboxylic acids is 1. The molecule has 1 aromatic carbocycles. The van der Waals surface area contributed by atoms with Gasteiger partial charge in [-0.05, 0) is 24.9 Å². The number of nitrogens with zero attached hydrogens (tertiary/aromatic N) is 2. The minimum absolute atomic E-state index is 0.126. The molecule has 1 aromatic rings. The average molecular weight is 330 g/mol. The van der Waals surface area contributed by atoms with E-state index in [2.05, 4.69) is 29.2 Å². The third-order valence-corrected chi connectivity index (χ3v) is 5.89. The van der Waals surface area contributed by atoms with Gasteiger partial charge in [0.2, 0.25) is 0 Å². The van der Waals surface area contributed by atoms with Gasteiger partial charge in [-0.15, -0.1) is 0 Å². The van der Waals surface area contributed by atoms with Crippen LogP contribution >= 0.6 is 0 Å². The van der Waals surface area contributed by atoms with Crippen molar-refractivity contribution >= 4 is 5.91 Å². The molecule has 0 radical (unpaired) electrons. The first-order valence-corrected chi connectivity index (χ1v) is 8.95. The van der Waals surface area contributed by atoms with E-state index in [-0.39, 0.29) is 17.9 Å². The standard InChI is InChI=1S/C19H26N2O3/c22-17(19(23)8-11-24-15-19)21-10-7-18(14-21)6-9-20(13-18)12-16-4-2-1-3-5-16/h1-5,23H,6-15H2. The van der Waals surface area contributed by atoms with Gasteiger partial charge in [-0.1, -0.05) is 30.3 Å². The van der Waals surface area contributed by atoms with Crippen LogP contribution in [-0.2, 0) is 16.1 Å². The van der Waals surface area contributed by atoms with E-state index in [1.807, 2.05) is 11.0 Å². The summed E-state index contributed by atoms with van der Waals surface area (Å²) in [7, 11) is 0. The first-order chi connectivity index (χ1) is 11.6. The van der Waals surface area contributed by atoms with E-state index in [0.29, 0.717) is 13.0 Å². The molecule has 0 bridgehead atoms.